The topological polar surface area (TPSA) is 102 Å². The van der Waals surface area contributed by atoms with Crippen molar-refractivity contribution in [3.8, 4) is 11.5 Å². The summed E-state index contributed by atoms with van der Waals surface area (Å²) in [6.07, 6.45) is 0. The second-order valence-corrected chi connectivity index (χ2v) is 6.74. The number of anilines is 1. The van der Waals surface area contributed by atoms with Crippen LogP contribution in [0.3, 0.4) is 0 Å². The molecular formula is C18H15FN6OS. The SMILES string of the molecule is Nn1c(SCC(=O)Nc2cccc(F)c2)nnc1-c1cc2ccccc2[nH]1. The Morgan fingerprint density at radius 2 is 2.04 bits per heavy atom. The molecule has 4 N–H and O–H groups in total. The monoisotopic (exact) mass is 382 g/mol. The first-order chi connectivity index (χ1) is 13.1. The van der Waals surface area contributed by atoms with E-state index in [0.717, 1.165) is 28.4 Å². The van der Waals surface area contributed by atoms with E-state index in [2.05, 4.69) is 20.5 Å². The number of carbonyl (C=O) groups is 1. The molecule has 0 fully saturated rings. The van der Waals surface area contributed by atoms with Gasteiger partial charge in [-0.3, -0.25) is 4.79 Å². The Morgan fingerprint density at radius 1 is 1.19 bits per heavy atom. The fourth-order valence-electron chi connectivity index (χ4n) is 2.65. The number of hydrogen-bond acceptors (Lipinski definition) is 5. The second kappa shape index (κ2) is 7.12. The largest absolute Gasteiger partial charge is 0.352 e. The third-order valence-electron chi connectivity index (χ3n) is 3.88. The molecule has 136 valence electrons. The average molecular weight is 382 g/mol. The third-order valence-corrected chi connectivity index (χ3v) is 4.82. The number of nitrogens with zero attached hydrogens (tertiary/aromatic N) is 3. The van der Waals surface area contributed by atoms with E-state index in [1.165, 1.54) is 22.9 Å². The number of para-hydroxylation sites is 1. The standard InChI is InChI=1S/C18H15FN6OS/c19-12-5-3-6-13(9-12)21-16(26)10-27-18-24-23-17(25(18)20)15-8-11-4-1-2-7-14(11)22-15/h1-9,22H,10,20H2,(H,21,26). The lowest BCUT2D eigenvalue weighted by Gasteiger charge is -2.05. The van der Waals surface area contributed by atoms with E-state index in [-0.39, 0.29) is 11.7 Å². The number of halogens is 1. The van der Waals surface area contributed by atoms with Crippen LogP contribution in [0, 0.1) is 5.82 Å². The van der Waals surface area contributed by atoms with Crippen molar-refractivity contribution in [2.24, 2.45) is 0 Å². The van der Waals surface area contributed by atoms with E-state index in [1.54, 1.807) is 6.07 Å². The average Bonchev–Trinajstić information content (AvgIpc) is 3.23. The highest BCUT2D eigenvalue weighted by atomic mass is 32.2. The molecule has 0 bridgehead atoms. The number of benzene rings is 2. The zero-order valence-corrected chi connectivity index (χ0v) is 14.8. The maximum Gasteiger partial charge on any atom is 0.234 e. The molecule has 1 amide bonds. The van der Waals surface area contributed by atoms with Crippen LogP contribution in [0.4, 0.5) is 10.1 Å². The lowest BCUT2D eigenvalue weighted by Crippen LogP contribution is -2.16. The molecule has 9 heteroatoms. The van der Waals surface area contributed by atoms with Gasteiger partial charge in [0.1, 0.15) is 5.82 Å². The molecule has 0 spiro atoms. The zero-order valence-electron chi connectivity index (χ0n) is 14.0. The molecule has 2 heterocycles. The summed E-state index contributed by atoms with van der Waals surface area (Å²) in [4.78, 5) is 15.3. The van der Waals surface area contributed by atoms with Crippen LogP contribution in [-0.4, -0.2) is 31.5 Å². The summed E-state index contributed by atoms with van der Waals surface area (Å²) in [5.74, 6) is 5.92. The van der Waals surface area contributed by atoms with E-state index in [9.17, 15) is 9.18 Å². The van der Waals surface area contributed by atoms with Gasteiger partial charge in [0, 0.05) is 16.6 Å². The number of carbonyl (C=O) groups excluding carboxylic acids is 1. The maximum absolute atomic E-state index is 13.2. The number of fused-ring (bicyclic) bond motifs is 1. The van der Waals surface area contributed by atoms with Crippen molar-refractivity contribution in [2.45, 2.75) is 5.16 Å². The summed E-state index contributed by atoms with van der Waals surface area (Å²) < 4.78 is 14.5. The molecule has 4 rings (SSSR count). The quantitative estimate of drug-likeness (QED) is 0.364. The highest BCUT2D eigenvalue weighted by molar-refractivity contribution is 7.99. The second-order valence-electron chi connectivity index (χ2n) is 5.79. The molecule has 0 aliphatic heterocycles. The van der Waals surface area contributed by atoms with Crippen molar-refractivity contribution in [3.05, 3.63) is 60.4 Å². The van der Waals surface area contributed by atoms with Crippen LogP contribution < -0.4 is 11.2 Å². The van der Waals surface area contributed by atoms with Gasteiger partial charge in [-0.2, -0.15) is 0 Å². The molecule has 0 radical (unpaired) electrons. The van der Waals surface area contributed by atoms with Gasteiger partial charge in [-0.15, -0.1) is 10.2 Å². The van der Waals surface area contributed by atoms with E-state index in [4.69, 9.17) is 5.84 Å². The van der Waals surface area contributed by atoms with E-state index in [0.29, 0.717) is 16.7 Å². The number of aromatic amines is 1. The molecule has 4 aromatic rings. The van der Waals surface area contributed by atoms with Gasteiger partial charge in [0.15, 0.2) is 5.82 Å². The predicted octanol–water partition coefficient (Wildman–Crippen LogP) is 3.01. The number of aromatic nitrogens is 4. The predicted molar refractivity (Wildman–Crippen MR) is 103 cm³/mol. The van der Waals surface area contributed by atoms with E-state index in [1.807, 2.05) is 30.3 Å². The molecule has 0 atom stereocenters. The fraction of sp³-hybridized carbons (Fsp3) is 0.0556. The van der Waals surface area contributed by atoms with Gasteiger partial charge in [0.2, 0.25) is 11.1 Å². The molecule has 0 saturated heterocycles. The summed E-state index contributed by atoms with van der Waals surface area (Å²) in [7, 11) is 0. The number of amides is 1. The van der Waals surface area contributed by atoms with Crippen LogP contribution in [0.1, 0.15) is 0 Å². The third kappa shape index (κ3) is 3.63. The summed E-state index contributed by atoms with van der Waals surface area (Å²) in [5.41, 5.74) is 2.11. The minimum absolute atomic E-state index is 0.0680. The Hall–Kier alpha value is -3.33. The number of thioether (sulfide) groups is 1. The molecule has 0 unspecified atom stereocenters. The van der Waals surface area contributed by atoms with Crippen LogP contribution >= 0.6 is 11.8 Å². The van der Waals surface area contributed by atoms with Crippen LogP contribution in [0.5, 0.6) is 0 Å². The molecule has 0 aliphatic carbocycles. The van der Waals surface area contributed by atoms with Gasteiger partial charge in [-0.05, 0) is 30.3 Å². The lowest BCUT2D eigenvalue weighted by atomic mass is 10.2. The maximum atomic E-state index is 13.2. The smallest absolute Gasteiger partial charge is 0.234 e. The number of nitrogens with two attached hydrogens (primary N) is 1. The molecule has 7 nitrogen and oxygen atoms in total. The van der Waals surface area contributed by atoms with Crippen molar-refractivity contribution in [1.82, 2.24) is 19.9 Å². The minimum Gasteiger partial charge on any atom is -0.352 e. The molecule has 0 aliphatic rings. The van der Waals surface area contributed by atoms with Crippen LogP contribution in [0.15, 0.2) is 59.8 Å². The van der Waals surface area contributed by atoms with Gasteiger partial charge in [-0.1, -0.05) is 36.0 Å². The van der Waals surface area contributed by atoms with Gasteiger partial charge < -0.3 is 16.1 Å². The van der Waals surface area contributed by atoms with Crippen molar-refractivity contribution in [1.29, 1.82) is 0 Å². The van der Waals surface area contributed by atoms with E-state index < -0.39 is 5.82 Å². The van der Waals surface area contributed by atoms with Gasteiger partial charge >= 0.3 is 0 Å². The van der Waals surface area contributed by atoms with Crippen LogP contribution in [0.25, 0.3) is 22.4 Å². The van der Waals surface area contributed by atoms with Crippen molar-refractivity contribution in [2.75, 3.05) is 16.9 Å². The van der Waals surface area contributed by atoms with Crippen molar-refractivity contribution >= 4 is 34.3 Å². The van der Waals surface area contributed by atoms with Gasteiger partial charge in [0.25, 0.3) is 0 Å². The minimum atomic E-state index is -0.412. The molecular weight excluding hydrogens is 367 g/mol. The Kier molecular flexibility index (Phi) is 4.51. The normalized spacial score (nSPS) is 11.0. The molecule has 27 heavy (non-hydrogen) atoms. The Balaban J connectivity index is 1.45. The Bertz CT molecular complexity index is 1090. The summed E-state index contributed by atoms with van der Waals surface area (Å²) in [5, 5.41) is 12.2. The molecule has 2 aromatic carbocycles. The number of nitrogens with one attached hydrogen (secondary N) is 2. The lowest BCUT2D eigenvalue weighted by molar-refractivity contribution is -0.113. The Morgan fingerprint density at radius 3 is 2.85 bits per heavy atom. The number of rotatable bonds is 5. The van der Waals surface area contributed by atoms with Crippen LogP contribution in [0.2, 0.25) is 0 Å². The first-order valence-corrected chi connectivity index (χ1v) is 9.05. The van der Waals surface area contributed by atoms with Gasteiger partial charge in [-0.25, -0.2) is 9.07 Å². The first kappa shape index (κ1) is 17.1. The molecule has 2 aromatic heterocycles. The summed E-state index contributed by atoms with van der Waals surface area (Å²) in [6, 6.07) is 15.5. The fourth-order valence-corrected chi connectivity index (χ4v) is 3.30. The summed E-state index contributed by atoms with van der Waals surface area (Å²) >= 11 is 1.15. The zero-order chi connectivity index (χ0) is 18.8. The highest BCUT2D eigenvalue weighted by Crippen LogP contribution is 2.24. The summed E-state index contributed by atoms with van der Waals surface area (Å²) in [6.45, 7) is 0. The number of H-pyrrole nitrogens is 1. The van der Waals surface area contributed by atoms with Gasteiger partial charge in [0.05, 0.1) is 11.4 Å². The van der Waals surface area contributed by atoms with Crippen molar-refractivity contribution in [3.63, 3.8) is 0 Å². The number of nitrogen functional groups attached to an aromatic ring is 1. The first-order valence-electron chi connectivity index (χ1n) is 8.07. The highest BCUT2D eigenvalue weighted by Gasteiger charge is 2.15. The molecule has 0 saturated carbocycles. The van der Waals surface area contributed by atoms with Crippen molar-refractivity contribution < 1.29 is 9.18 Å². The van der Waals surface area contributed by atoms with Crippen LogP contribution in [-0.2, 0) is 4.79 Å². The Labute approximate surface area is 157 Å². The van der Waals surface area contributed by atoms with E-state index >= 15 is 0 Å². The number of hydrogen-bond donors (Lipinski definition) is 3.